The maximum Gasteiger partial charge on any atom is 0.243 e. The predicted molar refractivity (Wildman–Crippen MR) is 117 cm³/mol. The third kappa shape index (κ3) is 4.03. The molecule has 6 nitrogen and oxygen atoms in total. The zero-order valence-electron chi connectivity index (χ0n) is 17.0. The highest BCUT2D eigenvalue weighted by atomic mass is 32.2. The Morgan fingerprint density at radius 3 is 2.63 bits per heavy atom. The molecule has 7 heteroatoms. The van der Waals surface area contributed by atoms with Crippen LogP contribution < -0.4 is 10.6 Å². The summed E-state index contributed by atoms with van der Waals surface area (Å²) in [5.41, 5.74) is 0.418. The van der Waals surface area contributed by atoms with E-state index in [1.54, 1.807) is 13.8 Å². The molecule has 1 aliphatic rings. The van der Waals surface area contributed by atoms with Gasteiger partial charge in [0.05, 0.1) is 34.5 Å². The summed E-state index contributed by atoms with van der Waals surface area (Å²) in [6, 6.07) is 17.8. The average Bonchev–Trinajstić information content (AvgIpc) is 2.71. The summed E-state index contributed by atoms with van der Waals surface area (Å²) in [4.78, 5) is 24.8. The van der Waals surface area contributed by atoms with Gasteiger partial charge in [-0.25, -0.2) is 0 Å². The van der Waals surface area contributed by atoms with Gasteiger partial charge in [-0.1, -0.05) is 68.1 Å². The Balaban J connectivity index is 1.72. The standard InChI is InChI=1S/C23H22N4O2S/c1-14(16-10-6-8-15-7-4-5-9-17(15)16)26-20(28)13-30-22-19(12-25)23(2,3)18(11-24)21(29)27-22/h4-10,14,18H,13H2,1-3H3,(H,26,28)(H,27,29)/t14-,18+/m0/s1. The summed E-state index contributed by atoms with van der Waals surface area (Å²) < 4.78 is 0. The number of carbonyl (C=O) groups is 2. The van der Waals surface area contributed by atoms with Gasteiger partial charge in [0.15, 0.2) is 0 Å². The van der Waals surface area contributed by atoms with Crippen molar-refractivity contribution in [2.75, 3.05) is 5.75 Å². The Morgan fingerprint density at radius 2 is 1.93 bits per heavy atom. The predicted octanol–water partition coefficient (Wildman–Crippen LogP) is 3.78. The molecule has 2 aromatic carbocycles. The van der Waals surface area contributed by atoms with Crippen LogP contribution in [0, 0.1) is 34.0 Å². The van der Waals surface area contributed by atoms with Crippen molar-refractivity contribution in [2.45, 2.75) is 26.8 Å². The molecule has 3 rings (SSSR count). The molecule has 2 amide bonds. The zero-order chi connectivity index (χ0) is 21.9. The number of rotatable bonds is 5. The number of amides is 2. The monoisotopic (exact) mass is 418 g/mol. The van der Waals surface area contributed by atoms with Crippen LogP contribution in [-0.4, -0.2) is 17.6 Å². The van der Waals surface area contributed by atoms with Crippen LogP contribution >= 0.6 is 11.8 Å². The number of nitrogens with zero attached hydrogens (tertiary/aromatic N) is 2. The lowest BCUT2D eigenvalue weighted by molar-refractivity contribution is -0.125. The zero-order valence-corrected chi connectivity index (χ0v) is 17.8. The van der Waals surface area contributed by atoms with Gasteiger partial charge >= 0.3 is 0 Å². The first-order valence-corrected chi connectivity index (χ1v) is 10.5. The smallest absolute Gasteiger partial charge is 0.243 e. The van der Waals surface area contributed by atoms with Gasteiger partial charge in [-0.2, -0.15) is 10.5 Å². The Morgan fingerprint density at radius 1 is 1.23 bits per heavy atom. The third-order valence-corrected chi connectivity index (χ3v) is 6.35. The van der Waals surface area contributed by atoms with Gasteiger partial charge in [0.1, 0.15) is 5.92 Å². The van der Waals surface area contributed by atoms with Crippen LogP contribution in [0.25, 0.3) is 10.8 Å². The maximum absolute atomic E-state index is 12.6. The lowest BCUT2D eigenvalue weighted by Gasteiger charge is -2.34. The number of thioether (sulfide) groups is 1. The van der Waals surface area contributed by atoms with Gasteiger partial charge in [0.25, 0.3) is 0 Å². The number of carbonyl (C=O) groups excluding carboxylic acids is 2. The molecule has 1 heterocycles. The van der Waals surface area contributed by atoms with Gasteiger partial charge in [-0.05, 0) is 23.3 Å². The third-order valence-electron chi connectivity index (χ3n) is 5.35. The molecule has 0 bridgehead atoms. The Bertz CT molecular complexity index is 1120. The van der Waals surface area contributed by atoms with Gasteiger partial charge < -0.3 is 10.6 Å². The lowest BCUT2D eigenvalue weighted by atomic mass is 9.72. The summed E-state index contributed by atoms with van der Waals surface area (Å²) in [5.74, 6) is -1.56. The normalized spacial score (nSPS) is 18.8. The molecule has 0 saturated heterocycles. The first-order chi connectivity index (χ1) is 14.3. The van der Waals surface area contributed by atoms with E-state index in [-0.39, 0.29) is 17.7 Å². The van der Waals surface area contributed by atoms with Crippen LogP contribution in [0.4, 0.5) is 0 Å². The number of benzene rings is 2. The van der Waals surface area contributed by atoms with Crippen molar-refractivity contribution in [1.82, 2.24) is 10.6 Å². The van der Waals surface area contributed by atoms with Crippen molar-refractivity contribution in [3.05, 3.63) is 58.6 Å². The topological polar surface area (TPSA) is 106 Å². The molecule has 2 atom stereocenters. The minimum absolute atomic E-state index is 0.0448. The van der Waals surface area contributed by atoms with Crippen molar-refractivity contribution in [2.24, 2.45) is 11.3 Å². The van der Waals surface area contributed by atoms with E-state index in [1.165, 1.54) is 0 Å². The molecule has 1 aliphatic heterocycles. The van der Waals surface area contributed by atoms with E-state index in [4.69, 9.17) is 0 Å². The van der Waals surface area contributed by atoms with Gasteiger partial charge in [0.2, 0.25) is 11.8 Å². The van der Waals surface area contributed by atoms with Crippen LogP contribution in [0.3, 0.4) is 0 Å². The van der Waals surface area contributed by atoms with E-state index in [1.807, 2.05) is 55.5 Å². The van der Waals surface area contributed by atoms with Gasteiger partial charge in [-0.15, -0.1) is 0 Å². The molecule has 0 aromatic heterocycles. The fourth-order valence-electron chi connectivity index (χ4n) is 3.66. The Hall–Kier alpha value is -3.29. The molecule has 2 N–H and O–H groups in total. The molecule has 0 saturated carbocycles. The highest BCUT2D eigenvalue weighted by Crippen LogP contribution is 2.41. The second-order valence-corrected chi connectivity index (χ2v) is 8.72. The Kier molecular flexibility index (Phi) is 6.14. The SMILES string of the molecule is C[C@H](NC(=O)CSC1=C(C#N)C(C)(C)[C@H](C#N)C(=O)N1)c1cccc2ccccc12. The fraction of sp³-hybridized carbons (Fsp3) is 0.304. The van der Waals surface area contributed by atoms with Crippen LogP contribution in [0.1, 0.15) is 32.4 Å². The van der Waals surface area contributed by atoms with Gasteiger partial charge in [0, 0.05) is 5.41 Å². The first kappa shape index (κ1) is 21.4. The fourth-order valence-corrected chi connectivity index (χ4v) is 4.65. The summed E-state index contributed by atoms with van der Waals surface area (Å²) in [7, 11) is 0. The molecular formula is C23H22N4O2S. The summed E-state index contributed by atoms with van der Waals surface area (Å²) in [5, 5.41) is 27.0. The van der Waals surface area contributed by atoms with Crippen LogP contribution in [0.15, 0.2) is 53.1 Å². The summed E-state index contributed by atoms with van der Waals surface area (Å²) >= 11 is 1.10. The molecule has 0 spiro atoms. The first-order valence-electron chi connectivity index (χ1n) is 9.54. The molecule has 0 unspecified atom stereocenters. The van der Waals surface area contributed by atoms with Crippen LogP contribution in [-0.2, 0) is 9.59 Å². The minimum atomic E-state index is -0.947. The molecule has 2 aromatic rings. The second-order valence-electron chi connectivity index (χ2n) is 7.74. The van der Waals surface area contributed by atoms with Gasteiger partial charge in [-0.3, -0.25) is 9.59 Å². The largest absolute Gasteiger partial charge is 0.349 e. The quantitative estimate of drug-likeness (QED) is 0.769. The second kappa shape index (κ2) is 8.61. The van der Waals surface area contributed by atoms with Crippen LogP contribution in [0.5, 0.6) is 0 Å². The van der Waals surface area contributed by atoms with E-state index < -0.39 is 17.2 Å². The van der Waals surface area contributed by atoms with Crippen molar-refractivity contribution < 1.29 is 9.59 Å². The molecular weight excluding hydrogens is 396 g/mol. The number of nitrogens with one attached hydrogen (secondary N) is 2. The van der Waals surface area contributed by atoms with Crippen molar-refractivity contribution in [3.8, 4) is 12.1 Å². The average molecular weight is 419 g/mol. The van der Waals surface area contributed by atoms with E-state index in [0.29, 0.717) is 10.6 Å². The molecule has 30 heavy (non-hydrogen) atoms. The van der Waals surface area contributed by atoms with Crippen molar-refractivity contribution >= 4 is 34.3 Å². The van der Waals surface area contributed by atoms with E-state index >= 15 is 0 Å². The van der Waals surface area contributed by atoms with E-state index in [2.05, 4.69) is 16.7 Å². The molecule has 152 valence electrons. The minimum Gasteiger partial charge on any atom is -0.349 e. The number of fused-ring (bicyclic) bond motifs is 1. The van der Waals surface area contributed by atoms with E-state index in [0.717, 1.165) is 28.1 Å². The molecule has 0 radical (unpaired) electrons. The highest BCUT2D eigenvalue weighted by molar-refractivity contribution is 8.03. The highest BCUT2D eigenvalue weighted by Gasteiger charge is 2.44. The summed E-state index contributed by atoms with van der Waals surface area (Å²) in [6.45, 7) is 5.32. The molecule has 0 aliphatic carbocycles. The number of nitriles is 2. The number of allylic oxidation sites excluding steroid dienone is 1. The van der Waals surface area contributed by atoms with E-state index in [9.17, 15) is 20.1 Å². The molecule has 0 fully saturated rings. The lowest BCUT2D eigenvalue weighted by Crippen LogP contribution is -2.44. The number of hydrogen-bond donors (Lipinski definition) is 2. The van der Waals surface area contributed by atoms with Crippen LogP contribution in [0.2, 0.25) is 0 Å². The maximum atomic E-state index is 12.6. The van der Waals surface area contributed by atoms with Crippen molar-refractivity contribution in [3.63, 3.8) is 0 Å². The Labute approximate surface area is 179 Å². The van der Waals surface area contributed by atoms with Crippen molar-refractivity contribution in [1.29, 1.82) is 10.5 Å². The summed E-state index contributed by atoms with van der Waals surface area (Å²) in [6.07, 6.45) is 0. The number of hydrogen-bond acceptors (Lipinski definition) is 5.